The topological polar surface area (TPSA) is 78.8 Å². The van der Waals surface area contributed by atoms with Gasteiger partial charge in [0.05, 0.1) is 11.4 Å². The number of isocyanates is 1. The van der Waals surface area contributed by atoms with Crippen molar-refractivity contribution in [3.63, 3.8) is 0 Å². The minimum Gasteiger partial charge on any atom is -0.506 e. The monoisotopic (exact) mass is 192 g/mol. The fourth-order valence-electron chi connectivity index (χ4n) is 0.936. The highest BCUT2D eigenvalue weighted by Crippen LogP contribution is 2.27. The molecule has 14 heavy (non-hydrogen) atoms. The van der Waals surface area contributed by atoms with Gasteiger partial charge >= 0.3 is 0 Å². The largest absolute Gasteiger partial charge is 0.506 e. The summed E-state index contributed by atoms with van der Waals surface area (Å²) in [7, 11) is 0. The second kappa shape index (κ2) is 4.20. The molecule has 0 aromatic heterocycles. The number of anilines is 1. The maximum absolute atomic E-state index is 10.7. The van der Waals surface area contributed by atoms with E-state index in [1.165, 1.54) is 31.2 Å². The lowest BCUT2D eigenvalue weighted by Gasteiger charge is -2.04. The van der Waals surface area contributed by atoms with Crippen LogP contribution in [0.1, 0.15) is 6.92 Å². The minimum atomic E-state index is -0.312. The Morgan fingerprint density at radius 2 is 2.29 bits per heavy atom. The number of aliphatic imine (C=N–C) groups is 1. The van der Waals surface area contributed by atoms with E-state index < -0.39 is 0 Å². The standard InChI is InChI=1S/C9H8N2O3/c1-6(13)11-8-4-7(10-5-12)2-3-9(8)14/h2-4,14H,1H3,(H,11,13). The number of benzene rings is 1. The van der Waals surface area contributed by atoms with E-state index in [4.69, 9.17) is 0 Å². The molecule has 2 N–H and O–H groups in total. The van der Waals surface area contributed by atoms with Gasteiger partial charge < -0.3 is 10.4 Å². The Morgan fingerprint density at radius 3 is 2.86 bits per heavy atom. The molecule has 1 aromatic carbocycles. The first-order chi connectivity index (χ1) is 6.63. The molecule has 1 amide bonds. The van der Waals surface area contributed by atoms with Crippen LogP contribution >= 0.6 is 0 Å². The number of aromatic hydroxyl groups is 1. The minimum absolute atomic E-state index is 0.0787. The van der Waals surface area contributed by atoms with Crippen LogP contribution in [0.15, 0.2) is 23.2 Å². The van der Waals surface area contributed by atoms with E-state index in [1.54, 1.807) is 0 Å². The van der Waals surface area contributed by atoms with Gasteiger partial charge in [0.1, 0.15) is 5.75 Å². The highest BCUT2D eigenvalue weighted by atomic mass is 16.3. The Kier molecular flexibility index (Phi) is 2.99. The summed E-state index contributed by atoms with van der Waals surface area (Å²) in [5.41, 5.74) is 0.538. The zero-order valence-electron chi connectivity index (χ0n) is 7.44. The molecule has 5 heteroatoms. The lowest BCUT2D eigenvalue weighted by molar-refractivity contribution is -0.114. The number of nitrogens with one attached hydrogen (secondary N) is 1. The number of hydrogen-bond acceptors (Lipinski definition) is 4. The summed E-state index contributed by atoms with van der Waals surface area (Å²) in [4.78, 5) is 24.0. The fourth-order valence-corrected chi connectivity index (χ4v) is 0.936. The molecule has 0 saturated heterocycles. The smallest absolute Gasteiger partial charge is 0.240 e. The van der Waals surface area contributed by atoms with Crippen LogP contribution in [0.3, 0.4) is 0 Å². The highest BCUT2D eigenvalue weighted by molar-refractivity contribution is 5.91. The van der Waals surface area contributed by atoms with E-state index >= 15 is 0 Å². The summed E-state index contributed by atoms with van der Waals surface area (Å²) in [6.07, 6.45) is 1.36. The van der Waals surface area contributed by atoms with E-state index in [-0.39, 0.29) is 17.3 Å². The Labute approximate surface area is 80.1 Å². The molecular weight excluding hydrogens is 184 g/mol. The third kappa shape index (κ3) is 2.43. The highest BCUT2D eigenvalue weighted by Gasteiger charge is 2.03. The fraction of sp³-hybridized carbons (Fsp3) is 0.111. The Hall–Kier alpha value is -2.13. The molecule has 0 unspecified atom stereocenters. The molecule has 0 atom stereocenters. The van der Waals surface area contributed by atoms with Crippen LogP contribution < -0.4 is 5.32 Å². The van der Waals surface area contributed by atoms with Gasteiger partial charge in [-0.25, -0.2) is 4.79 Å². The van der Waals surface area contributed by atoms with Crippen molar-refractivity contribution in [1.29, 1.82) is 0 Å². The van der Waals surface area contributed by atoms with Crippen LogP contribution in [-0.2, 0) is 9.59 Å². The first kappa shape index (κ1) is 9.95. The molecule has 0 aliphatic carbocycles. The zero-order valence-corrected chi connectivity index (χ0v) is 7.44. The Morgan fingerprint density at radius 1 is 1.57 bits per heavy atom. The number of rotatable bonds is 2. The van der Waals surface area contributed by atoms with Crippen LogP contribution in [0.5, 0.6) is 5.75 Å². The van der Waals surface area contributed by atoms with Gasteiger partial charge in [-0.1, -0.05) is 0 Å². The SMILES string of the molecule is CC(=O)Nc1cc(N=C=O)ccc1O. The van der Waals surface area contributed by atoms with Crippen molar-refractivity contribution in [1.82, 2.24) is 0 Å². The van der Waals surface area contributed by atoms with Crippen molar-refractivity contribution in [3.05, 3.63) is 18.2 Å². The number of phenolic OH excluding ortho intramolecular Hbond substituents is 1. The lowest BCUT2D eigenvalue weighted by atomic mass is 10.2. The van der Waals surface area contributed by atoms with Crippen molar-refractivity contribution in [2.75, 3.05) is 5.32 Å². The third-order valence-electron chi connectivity index (χ3n) is 1.47. The van der Waals surface area contributed by atoms with E-state index in [0.717, 1.165) is 0 Å². The van der Waals surface area contributed by atoms with E-state index in [1.807, 2.05) is 0 Å². The molecule has 0 radical (unpaired) electrons. The van der Waals surface area contributed by atoms with Gasteiger partial charge in [-0.2, -0.15) is 4.99 Å². The van der Waals surface area contributed by atoms with E-state index in [0.29, 0.717) is 5.69 Å². The third-order valence-corrected chi connectivity index (χ3v) is 1.47. The van der Waals surface area contributed by atoms with Crippen molar-refractivity contribution in [2.24, 2.45) is 4.99 Å². The molecule has 0 heterocycles. The summed E-state index contributed by atoms with van der Waals surface area (Å²) in [6, 6.07) is 4.15. The molecule has 1 rings (SSSR count). The first-order valence-electron chi connectivity index (χ1n) is 3.82. The number of phenols is 1. The lowest BCUT2D eigenvalue weighted by Crippen LogP contribution is -2.05. The van der Waals surface area contributed by atoms with Gasteiger partial charge in [0.15, 0.2) is 0 Å². The summed E-state index contributed by atoms with van der Waals surface area (Å²) < 4.78 is 0. The van der Waals surface area contributed by atoms with Gasteiger partial charge in [0.2, 0.25) is 12.0 Å². The van der Waals surface area contributed by atoms with Gasteiger partial charge in [0, 0.05) is 6.92 Å². The average molecular weight is 192 g/mol. The van der Waals surface area contributed by atoms with E-state index in [9.17, 15) is 14.7 Å². The van der Waals surface area contributed by atoms with Crippen molar-refractivity contribution >= 4 is 23.4 Å². The van der Waals surface area contributed by atoms with Crippen molar-refractivity contribution in [3.8, 4) is 5.75 Å². The van der Waals surface area contributed by atoms with Gasteiger partial charge in [-0.15, -0.1) is 0 Å². The summed E-state index contributed by atoms with van der Waals surface area (Å²) >= 11 is 0. The quantitative estimate of drug-likeness (QED) is 0.421. The number of carbonyl (C=O) groups is 1. The maximum atomic E-state index is 10.7. The average Bonchev–Trinajstić information content (AvgIpc) is 2.10. The van der Waals surface area contributed by atoms with Crippen LogP contribution in [0.4, 0.5) is 11.4 Å². The number of nitrogens with zero attached hydrogens (tertiary/aromatic N) is 1. The van der Waals surface area contributed by atoms with Crippen LogP contribution in [0.2, 0.25) is 0 Å². The normalized spacial score (nSPS) is 8.93. The molecule has 0 saturated carbocycles. The van der Waals surface area contributed by atoms with Gasteiger partial charge in [-0.3, -0.25) is 4.79 Å². The van der Waals surface area contributed by atoms with Gasteiger partial charge in [0.25, 0.3) is 0 Å². The maximum Gasteiger partial charge on any atom is 0.240 e. The van der Waals surface area contributed by atoms with Gasteiger partial charge in [-0.05, 0) is 18.2 Å². The number of amides is 1. The molecule has 72 valence electrons. The second-order valence-corrected chi connectivity index (χ2v) is 2.59. The van der Waals surface area contributed by atoms with Crippen LogP contribution in [0.25, 0.3) is 0 Å². The second-order valence-electron chi connectivity index (χ2n) is 2.59. The van der Waals surface area contributed by atoms with Crippen LogP contribution in [-0.4, -0.2) is 17.1 Å². The number of hydrogen-bond donors (Lipinski definition) is 2. The predicted molar refractivity (Wildman–Crippen MR) is 50.2 cm³/mol. The van der Waals surface area contributed by atoms with E-state index in [2.05, 4.69) is 10.3 Å². The Balaban J connectivity index is 3.07. The molecule has 5 nitrogen and oxygen atoms in total. The molecule has 0 aliphatic heterocycles. The summed E-state index contributed by atoms with van der Waals surface area (Å²) in [6.45, 7) is 1.31. The van der Waals surface area contributed by atoms with Crippen molar-refractivity contribution in [2.45, 2.75) is 6.92 Å². The molecule has 0 fully saturated rings. The molecule has 0 aliphatic rings. The molecule has 0 spiro atoms. The predicted octanol–water partition coefficient (Wildman–Crippen LogP) is 1.32. The molecular formula is C9H8N2O3. The number of carbonyl (C=O) groups excluding carboxylic acids is 2. The van der Waals surface area contributed by atoms with Crippen LogP contribution in [0, 0.1) is 0 Å². The molecule has 1 aromatic rings. The summed E-state index contributed by atoms with van der Waals surface area (Å²) in [5, 5.41) is 11.7. The summed E-state index contributed by atoms with van der Waals surface area (Å²) in [5.74, 6) is -0.391. The Bertz CT molecular complexity index is 409. The molecule has 0 bridgehead atoms. The van der Waals surface area contributed by atoms with Crippen molar-refractivity contribution < 1.29 is 14.7 Å². The first-order valence-corrected chi connectivity index (χ1v) is 3.82. The zero-order chi connectivity index (χ0) is 10.6.